The van der Waals surface area contributed by atoms with E-state index in [0.29, 0.717) is 18.3 Å². The van der Waals surface area contributed by atoms with E-state index in [1.165, 1.54) is 12.1 Å². The Balaban J connectivity index is 2.02. The van der Waals surface area contributed by atoms with E-state index >= 15 is 0 Å². The molecule has 2 rings (SSSR count). The average Bonchev–Trinajstić information content (AvgIpc) is 2.81. The highest BCUT2D eigenvalue weighted by molar-refractivity contribution is 5.50. The summed E-state index contributed by atoms with van der Waals surface area (Å²) < 4.78 is 0. The number of nitriles is 1. The van der Waals surface area contributed by atoms with Crippen molar-refractivity contribution in [2.24, 2.45) is 5.92 Å². The van der Waals surface area contributed by atoms with Crippen LogP contribution >= 0.6 is 0 Å². The lowest BCUT2D eigenvalue weighted by Gasteiger charge is -2.11. The van der Waals surface area contributed by atoms with E-state index in [1.807, 2.05) is 0 Å². The smallest absolute Gasteiger partial charge is 0.305 e. The van der Waals surface area contributed by atoms with Crippen LogP contribution in [0, 0.1) is 27.4 Å². The van der Waals surface area contributed by atoms with Gasteiger partial charge in [0.05, 0.1) is 11.0 Å². The summed E-state index contributed by atoms with van der Waals surface area (Å²) in [6.07, 6.45) is 2.28. The number of hydrogen-bond acceptors (Lipinski definition) is 6. The van der Waals surface area contributed by atoms with Gasteiger partial charge in [-0.15, -0.1) is 0 Å². The van der Waals surface area contributed by atoms with Crippen LogP contribution < -0.4 is 5.32 Å². The monoisotopic (exact) mass is 262 g/mol. The van der Waals surface area contributed by atoms with Gasteiger partial charge in [-0.2, -0.15) is 5.26 Å². The first-order valence-corrected chi connectivity index (χ1v) is 6.07. The predicted molar refractivity (Wildman–Crippen MR) is 67.4 cm³/mol. The molecule has 2 unspecified atom stereocenters. The Morgan fingerprint density at radius 1 is 1.58 bits per heavy atom. The molecule has 1 aromatic rings. The molecule has 7 heteroatoms. The van der Waals surface area contributed by atoms with Crippen LogP contribution in [0.3, 0.4) is 0 Å². The molecule has 7 nitrogen and oxygen atoms in total. The zero-order chi connectivity index (χ0) is 13.8. The Morgan fingerprint density at radius 2 is 2.37 bits per heavy atom. The van der Waals surface area contributed by atoms with Crippen molar-refractivity contribution in [3.63, 3.8) is 0 Å². The van der Waals surface area contributed by atoms with Crippen molar-refractivity contribution < 1.29 is 10.0 Å². The van der Waals surface area contributed by atoms with Gasteiger partial charge < -0.3 is 10.4 Å². The number of anilines is 1. The Kier molecular flexibility index (Phi) is 3.92. The van der Waals surface area contributed by atoms with E-state index < -0.39 is 4.92 Å². The van der Waals surface area contributed by atoms with Gasteiger partial charge in [0.2, 0.25) is 5.69 Å². The molecule has 1 aliphatic carbocycles. The van der Waals surface area contributed by atoms with Crippen LogP contribution in [-0.4, -0.2) is 27.7 Å². The first kappa shape index (κ1) is 13.2. The quantitative estimate of drug-likeness (QED) is 0.627. The van der Waals surface area contributed by atoms with Crippen molar-refractivity contribution in [1.82, 2.24) is 4.98 Å². The van der Waals surface area contributed by atoms with Crippen LogP contribution in [0.15, 0.2) is 12.1 Å². The van der Waals surface area contributed by atoms with E-state index in [9.17, 15) is 15.2 Å². The van der Waals surface area contributed by atoms with Crippen molar-refractivity contribution in [3.05, 3.63) is 27.9 Å². The molecule has 0 aromatic carbocycles. The van der Waals surface area contributed by atoms with Crippen molar-refractivity contribution in [3.8, 4) is 6.07 Å². The van der Waals surface area contributed by atoms with Gasteiger partial charge in [-0.25, -0.2) is 4.98 Å². The normalized spacial score (nSPS) is 21.9. The zero-order valence-corrected chi connectivity index (χ0v) is 10.2. The fourth-order valence-corrected chi connectivity index (χ4v) is 2.26. The first-order chi connectivity index (χ1) is 9.10. The topological polar surface area (TPSA) is 112 Å². The largest absolute Gasteiger partial charge is 0.393 e. The third-order valence-corrected chi connectivity index (χ3v) is 3.26. The second kappa shape index (κ2) is 5.63. The minimum absolute atomic E-state index is 0.193. The molecule has 0 radical (unpaired) electrons. The minimum Gasteiger partial charge on any atom is -0.393 e. The van der Waals surface area contributed by atoms with Crippen molar-refractivity contribution in [2.45, 2.75) is 25.4 Å². The van der Waals surface area contributed by atoms with E-state index in [0.717, 1.165) is 19.3 Å². The van der Waals surface area contributed by atoms with Crippen LogP contribution in [0.4, 0.5) is 11.5 Å². The molecule has 0 aliphatic heterocycles. The molecule has 1 heterocycles. The number of nitrogens with zero attached hydrogens (tertiary/aromatic N) is 3. The van der Waals surface area contributed by atoms with Crippen LogP contribution in [-0.2, 0) is 0 Å². The molecule has 19 heavy (non-hydrogen) atoms. The lowest BCUT2D eigenvalue weighted by Crippen LogP contribution is -2.13. The molecular formula is C12H14N4O3. The molecule has 1 saturated carbocycles. The predicted octanol–water partition coefficient (Wildman–Crippen LogP) is 1.43. The summed E-state index contributed by atoms with van der Waals surface area (Å²) in [5.41, 5.74) is -0.481. The van der Waals surface area contributed by atoms with E-state index in [1.54, 1.807) is 6.07 Å². The second-order valence-electron chi connectivity index (χ2n) is 4.65. The number of nitro groups is 1. The van der Waals surface area contributed by atoms with Crippen LogP contribution in [0.1, 0.15) is 25.0 Å². The minimum atomic E-state index is -0.622. The maximum Gasteiger partial charge on any atom is 0.305 e. The first-order valence-electron chi connectivity index (χ1n) is 6.07. The summed E-state index contributed by atoms with van der Waals surface area (Å²) in [5.74, 6) is 0.820. The Morgan fingerprint density at radius 3 is 2.95 bits per heavy atom. The van der Waals surface area contributed by atoms with Crippen molar-refractivity contribution in [1.29, 1.82) is 5.26 Å². The Labute approximate surface area is 110 Å². The van der Waals surface area contributed by atoms with E-state index in [4.69, 9.17) is 5.26 Å². The fraction of sp³-hybridized carbons (Fsp3) is 0.500. The summed E-state index contributed by atoms with van der Waals surface area (Å²) >= 11 is 0. The van der Waals surface area contributed by atoms with Gasteiger partial charge in [0.15, 0.2) is 0 Å². The van der Waals surface area contributed by atoms with Gasteiger partial charge in [0.1, 0.15) is 11.9 Å². The maximum atomic E-state index is 10.7. The van der Waals surface area contributed by atoms with Crippen molar-refractivity contribution >= 4 is 11.5 Å². The lowest BCUT2D eigenvalue weighted by atomic mass is 10.1. The van der Waals surface area contributed by atoms with Crippen molar-refractivity contribution in [2.75, 3.05) is 11.9 Å². The number of aliphatic hydroxyl groups excluding tert-OH is 1. The molecule has 0 spiro atoms. The maximum absolute atomic E-state index is 10.7. The van der Waals surface area contributed by atoms with Gasteiger partial charge >= 0.3 is 5.69 Å². The number of aliphatic hydroxyl groups is 1. The highest BCUT2D eigenvalue weighted by Crippen LogP contribution is 2.26. The van der Waals surface area contributed by atoms with Gasteiger partial charge in [-0.1, -0.05) is 0 Å². The fourth-order valence-electron chi connectivity index (χ4n) is 2.26. The molecule has 100 valence electrons. The molecule has 0 amide bonds. The third kappa shape index (κ3) is 3.17. The zero-order valence-electron chi connectivity index (χ0n) is 10.2. The summed E-state index contributed by atoms with van der Waals surface area (Å²) in [6.45, 7) is 0.646. The van der Waals surface area contributed by atoms with Crippen LogP contribution in [0.2, 0.25) is 0 Å². The van der Waals surface area contributed by atoms with Gasteiger partial charge in [-0.05, 0) is 31.2 Å². The standard InChI is InChI=1S/C12H14N4O3/c13-6-10-11(16(18)19)3-4-12(15-10)14-7-8-1-2-9(17)5-8/h3-4,8-9,17H,1-2,5,7H2,(H,14,15). The average molecular weight is 262 g/mol. The second-order valence-corrected chi connectivity index (χ2v) is 4.65. The highest BCUT2D eigenvalue weighted by Gasteiger charge is 2.22. The molecule has 2 N–H and O–H groups in total. The molecule has 0 bridgehead atoms. The van der Waals surface area contributed by atoms with Gasteiger partial charge in [0.25, 0.3) is 0 Å². The molecule has 2 atom stereocenters. The molecular weight excluding hydrogens is 248 g/mol. The van der Waals surface area contributed by atoms with Crippen LogP contribution in [0.25, 0.3) is 0 Å². The summed E-state index contributed by atoms with van der Waals surface area (Å²) in [4.78, 5) is 14.0. The summed E-state index contributed by atoms with van der Waals surface area (Å²) in [7, 11) is 0. The number of hydrogen-bond donors (Lipinski definition) is 2. The van der Waals surface area contributed by atoms with Crippen LogP contribution in [0.5, 0.6) is 0 Å². The lowest BCUT2D eigenvalue weighted by molar-refractivity contribution is -0.385. The third-order valence-electron chi connectivity index (χ3n) is 3.26. The van der Waals surface area contributed by atoms with E-state index in [2.05, 4.69) is 10.3 Å². The Hall–Kier alpha value is -2.20. The van der Waals surface area contributed by atoms with Gasteiger partial charge in [-0.3, -0.25) is 10.1 Å². The molecule has 0 saturated heterocycles. The van der Waals surface area contributed by atoms with Gasteiger partial charge in [0, 0.05) is 12.6 Å². The summed E-state index contributed by atoms with van der Waals surface area (Å²) in [6, 6.07) is 4.49. The number of pyridine rings is 1. The SMILES string of the molecule is N#Cc1nc(NCC2CCC(O)C2)ccc1[N+](=O)[O-]. The number of aromatic nitrogens is 1. The molecule has 1 aromatic heterocycles. The van der Waals surface area contributed by atoms with E-state index in [-0.39, 0.29) is 17.5 Å². The molecule has 1 aliphatic rings. The number of nitrogens with one attached hydrogen (secondary N) is 1. The number of rotatable bonds is 4. The highest BCUT2D eigenvalue weighted by atomic mass is 16.6. The summed E-state index contributed by atoms with van der Waals surface area (Å²) in [5, 5.41) is 32.0. The Bertz CT molecular complexity index is 526. The molecule has 1 fully saturated rings.